The van der Waals surface area contributed by atoms with Crippen LogP contribution in [0.15, 0.2) is 48.8 Å². The molecule has 0 amide bonds. The Morgan fingerprint density at radius 2 is 1.97 bits per heavy atom. The first kappa shape index (κ1) is 24.5. The standard InChI is InChI=1S/C25H36N3O3/c1-2-3-4-5-6-7-9-20(18-21-12-15-24(29)27-19-21)11-13-22(14-16-25(30)31)28-23-10-8-17-26-23/h8,10,12,14-17,19-20,22,26H,2-7,9,11,13,18H2,1H3,(H,27,29)(H,30,31)/q-1/p-1. The van der Waals surface area contributed by atoms with Gasteiger partial charge in [-0.2, -0.15) is 0 Å². The number of nitrogens with zero attached hydrogens (tertiary/aromatic N) is 2. The molecule has 0 radical (unpaired) electrons. The summed E-state index contributed by atoms with van der Waals surface area (Å²) < 4.78 is 0. The normalized spacial score (nSPS) is 13.3. The third-order valence-corrected chi connectivity index (χ3v) is 5.51. The zero-order valence-electron chi connectivity index (χ0n) is 18.5. The highest BCUT2D eigenvalue weighted by molar-refractivity contribution is 5.80. The molecule has 0 fully saturated rings. The smallest absolute Gasteiger partial charge is 0.327 e. The first-order chi connectivity index (χ1) is 15.1. The summed E-state index contributed by atoms with van der Waals surface area (Å²) in [6.07, 6.45) is 17.6. The lowest BCUT2D eigenvalue weighted by molar-refractivity contribution is -0.275. The summed E-state index contributed by atoms with van der Waals surface area (Å²) in [4.78, 5) is 18.0. The summed E-state index contributed by atoms with van der Waals surface area (Å²) in [5, 5.41) is 25.0. The van der Waals surface area contributed by atoms with E-state index in [1.807, 2.05) is 24.4 Å². The van der Waals surface area contributed by atoms with Gasteiger partial charge in [0.25, 0.3) is 0 Å². The van der Waals surface area contributed by atoms with Crippen LogP contribution in [0.25, 0.3) is 5.32 Å². The third kappa shape index (κ3) is 10.7. The topological polar surface area (TPSA) is 103 Å². The number of pyridine rings is 1. The Morgan fingerprint density at radius 3 is 2.65 bits per heavy atom. The molecule has 0 aliphatic rings. The molecule has 0 saturated carbocycles. The summed E-state index contributed by atoms with van der Waals surface area (Å²) in [6.45, 7) is 2.23. The number of unbranched alkanes of at least 4 members (excludes halogenated alkanes) is 5. The van der Waals surface area contributed by atoms with Crippen LogP contribution in [0.1, 0.15) is 70.3 Å². The number of carbonyl (C=O) groups is 1. The van der Waals surface area contributed by atoms with Crippen LogP contribution in [0.2, 0.25) is 0 Å². The summed E-state index contributed by atoms with van der Waals surface area (Å²) in [7, 11) is 0. The Hall–Kier alpha value is -2.76. The van der Waals surface area contributed by atoms with E-state index in [1.54, 1.807) is 12.3 Å². The first-order valence-electron chi connectivity index (χ1n) is 11.4. The van der Waals surface area contributed by atoms with Gasteiger partial charge in [0.15, 0.2) is 0 Å². The van der Waals surface area contributed by atoms with Gasteiger partial charge in [-0.25, -0.2) is 4.79 Å². The molecule has 6 nitrogen and oxygen atoms in total. The molecule has 2 unspecified atom stereocenters. The van der Waals surface area contributed by atoms with Gasteiger partial charge in [-0.05, 0) is 42.7 Å². The number of rotatable bonds is 16. The zero-order valence-corrected chi connectivity index (χ0v) is 18.5. The van der Waals surface area contributed by atoms with Crippen molar-refractivity contribution in [2.45, 2.75) is 77.2 Å². The average molecular weight is 426 g/mol. The average Bonchev–Trinajstić information content (AvgIpc) is 3.26. The monoisotopic (exact) mass is 425 g/mol. The van der Waals surface area contributed by atoms with Gasteiger partial charge in [-0.15, -0.1) is 0 Å². The van der Waals surface area contributed by atoms with Gasteiger partial charge in [-0.3, -0.25) is 4.98 Å². The fourth-order valence-corrected chi connectivity index (χ4v) is 3.81. The van der Waals surface area contributed by atoms with Crippen LogP contribution in [0.3, 0.4) is 0 Å². The highest BCUT2D eigenvalue weighted by Gasteiger charge is 2.12. The summed E-state index contributed by atoms with van der Waals surface area (Å²) >= 11 is 0. The molecule has 170 valence electrons. The van der Waals surface area contributed by atoms with Gasteiger partial charge < -0.3 is 20.5 Å². The number of carboxylic acids is 1. The molecule has 31 heavy (non-hydrogen) atoms. The first-order valence-corrected chi connectivity index (χ1v) is 11.4. The van der Waals surface area contributed by atoms with Crippen molar-refractivity contribution in [3.05, 3.63) is 59.7 Å². The molecule has 2 rings (SSSR count). The van der Waals surface area contributed by atoms with E-state index < -0.39 is 5.97 Å². The van der Waals surface area contributed by atoms with E-state index in [2.05, 4.69) is 22.2 Å². The van der Waals surface area contributed by atoms with Crippen LogP contribution < -0.4 is 5.11 Å². The van der Waals surface area contributed by atoms with Gasteiger partial charge in [0.1, 0.15) is 0 Å². The van der Waals surface area contributed by atoms with Crippen LogP contribution in [-0.4, -0.2) is 27.1 Å². The highest BCUT2D eigenvalue weighted by Crippen LogP contribution is 2.27. The van der Waals surface area contributed by atoms with Crippen molar-refractivity contribution in [2.24, 2.45) is 5.92 Å². The van der Waals surface area contributed by atoms with E-state index in [1.165, 1.54) is 50.7 Å². The van der Waals surface area contributed by atoms with E-state index in [0.717, 1.165) is 37.1 Å². The summed E-state index contributed by atoms with van der Waals surface area (Å²) in [6, 6.07) is 6.96. The molecule has 2 aromatic heterocycles. The fourth-order valence-electron chi connectivity index (χ4n) is 3.81. The SMILES string of the molecule is CCCCCCCCC(CCC(C=CC(=O)O)[N-]c1ccc[nH]1)Cc1ccc([O-])nc1. The number of H-pyrrole nitrogens is 1. The number of hydrogen-bond donors (Lipinski definition) is 2. The van der Waals surface area contributed by atoms with Gasteiger partial charge >= 0.3 is 5.97 Å². The van der Waals surface area contributed by atoms with Gasteiger partial charge in [-0.1, -0.05) is 94.2 Å². The van der Waals surface area contributed by atoms with Crippen LogP contribution >= 0.6 is 0 Å². The van der Waals surface area contributed by atoms with Gasteiger partial charge in [0, 0.05) is 12.3 Å². The molecule has 2 N–H and O–H groups in total. The molecule has 0 bridgehead atoms. The lowest BCUT2D eigenvalue weighted by Crippen LogP contribution is -2.11. The lowest BCUT2D eigenvalue weighted by Gasteiger charge is -2.25. The van der Waals surface area contributed by atoms with Crippen molar-refractivity contribution in [3.8, 4) is 5.88 Å². The van der Waals surface area contributed by atoms with E-state index in [-0.39, 0.29) is 11.9 Å². The van der Waals surface area contributed by atoms with Crippen molar-refractivity contribution >= 4 is 11.8 Å². The lowest BCUT2D eigenvalue weighted by atomic mass is 9.88. The summed E-state index contributed by atoms with van der Waals surface area (Å²) in [5.74, 6) is 0.0340. The molecular weight excluding hydrogens is 390 g/mol. The van der Waals surface area contributed by atoms with Crippen molar-refractivity contribution in [2.75, 3.05) is 0 Å². The third-order valence-electron chi connectivity index (χ3n) is 5.51. The maximum absolute atomic E-state index is 11.3. The van der Waals surface area contributed by atoms with Crippen molar-refractivity contribution in [1.82, 2.24) is 9.97 Å². The second-order valence-corrected chi connectivity index (χ2v) is 8.16. The van der Waals surface area contributed by atoms with Crippen LogP contribution in [-0.2, 0) is 11.2 Å². The van der Waals surface area contributed by atoms with Crippen molar-refractivity contribution < 1.29 is 15.0 Å². The molecule has 2 aromatic rings. The molecule has 0 saturated heterocycles. The molecule has 0 aromatic carbocycles. The minimum atomic E-state index is -0.959. The summed E-state index contributed by atoms with van der Waals surface area (Å²) in [5.41, 5.74) is 1.08. The number of aromatic amines is 1. The highest BCUT2D eigenvalue weighted by atomic mass is 16.4. The largest absolute Gasteiger partial charge is 0.859 e. The molecule has 0 aliphatic heterocycles. The second kappa shape index (κ2) is 14.3. The van der Waals surface area contributed by atoms with Crippen LogP contribution in [0.5, 0.6) is 5.88 Å². The molecule has 0 aliphatic carbocycles. The number of carboxylic acid groups (broad SMARTS) is 1. The molecular formula is C25H35N3O3-2. The van der Waals surface area contributed by atoms with E-state index in [0.29, 0.717) is 5.92 Å². The zero-order chi connectivity index (χ0) is 22.3. The minimum Gasteiger partial charge on any atom is -0.859 e. The number of aliphatic carboxylic acids is 1. The molecule has 6 heteroatoms. The maximum atomic E-state index is 11.3. The van der Waals surface area contributed by atoms with Crippen molar-refractivity contribution in [3.63, 3.8) is 0 Å². The number of nitrogens with one attached hydrogen (secondary N) is 1. The quantitative estimate of drug-likeness (QED) is 0.258. The van der Waals surface area contributed by atoms with Gasteiger partial charge in [0.2, 0.25) is 0 Å². The van der Waals surface area contributed by atoms with E-state index >= 15 is 0 Å². The van der Waals surface area contributed by atoms with Crippen LogP contribution in [0.4, 0.5) is 5.82 Å². The Balaban J connectivity index is 1.94. The molecule has 2 atom stereocenters. The van der Waals surface area contributed by atoms with Crippen LogP contribution in [0, 0.1) is 5.92 Å². The Kier molecular flexibility index (Phi) is 11.3. The predicted octanol–water partition coefficient (Wildman–Crippen LogP) is 5.89. The Labute approximate surface area is 185 Å². The predicted molar refractivity (Wildman–Crippen MR) is 122 cm³/mol. The Morgan fingerprint density at radius 1 is 1.16 bits per heavy atom. The van der Waals surface area contributed by atoms with Gasteiger partial charge in [0.05, 0.1) is 0 Å². The molecule has 2 heterocycles. The number of hydrogen-bond acceptors (Lipinski definition) is 3. The second-order valence-electron chi connectivity index (χ2n) is 8.16. The maximum Gasteiger partial charge on any atom is 0.327 e. The van der Waals surface area contributed by atoms with E-state index in [4.69, 9.17) is 5.11 Å². The van der Waals surface area contributed by atoms with E-state index in [9.17, 15) is 9.90 Å². The number of aromatic nitrogens is 2. The van der Waals surface area contributed by atoms with Crippen molar-refractivity contribution in [1.29, 1.82) is 0 Å². The minimum absolute atomic E-state index is 0.191. The Bertz CT molecular complexity index is 757. The molecule has 0 spiro atoms. The fraction of sp³-hybridized carbons (Fsp3) is 0.520.